The summed E-state index contributed by atoms with van der Waals surface area (Å²) >= 11 is 3.49. The second-order valence-corrected chi connectivity index (χ2v) is 7.25. The number of amides is 1. The Morgan fingerprint density at radius 2 is 1.88 bits per heavy atom. The Labute approximate surface area is 149 Å². The lowest BCUT2D eigenvalue weighted by molar-refractivity contribution is 0.0952. The van der Waals surface area contributed by atoms with E-state index in [1.807, 2.05) is 36.4 Å². The van der Waals surface area contributed by atoms with Crippen molar-refractivity contribution in [1.29, 1.82) is 0 Å². The van der Waals surface area contributed by atoms with E-state index in [2.05, 4.69) is 40.3 Å². The molecule has 1 N–H and O–H groups in total. The quantitative estimate of drug-likeness (QED) is 0.704. The Morgan fingerprint density at radius 3 is 2.58 bits per heavy atom. The van der Waals surface area contributed by atoms with Crippen LogP contribution in [0.5, 0.6) is 0 Å². The normalized spacial score (nSPS) is 13.9. The topological polar surface area (TPSA) is 42.0 Å². The first-order chi connectivity index (χ1) is 11.6. The number of rotatable bonds is 3. The minimum atomic E-state index is -0.0173. The largest absolute Gasteiger partial charge is 0.349 e. The smallest absolute Gasteiger partial charge is 0.252 e. The summed E-state index contributed by atoms with van der Waals surface area (Å²) in [6, 6.07) is 16.3. The minimum Gasteiger partial charge on any atom is -0.349 e. The van der Waals surface area contributed by atoms with E-state index in [0.717, 1.165) is 39.5 Å². The minimum absolute atomic E-state index is 0.0173. The molecule has 0 aliphatic heterocycles. The first-order valence-corrected chi connectivity index (χ1v) is 8.88. The molecule has 1 saturated carbocycles. The average Bonchev–Trinajstić information content (AvgIpc) is 3.38. The molecule has 1 aromatic heterocycles. The standard InChI is InChI=1S/C20H17BrN2O/c1-12-2-4-13(5-3-12)19-11-17(20(24)22-15-7-8-15)16-10-14(21)6-9-18(16)23-19/h2-6,9-11,15H,7-8H2,1H3,(H,22,24). The van der Waals surface area contributed by atoms with Crippen LogP contribution in [0.3, 0.4) is 0 Å². The molecule has 4 heteroatoms. The summed E-state index contributed by atoms with van der Waals surface area (Å²) in [5.74, 6) is -0.0173. The van der Waals surface area contributed by atoms with Crippen molar-refractivity contribution in [3.8, 4) is 11.3 Å². The number of benzene rings is 2. The summed E-state index contributed by atoms with van der Waals surface area (Å²) < 4.78 is 0.945. The van der Waals surface area contributed by atoms with E-state index in [0.29, 0.717) is 11.6 Å². The van der Waals surface area contributed by atoms with Crippen LogP contribution in [-0.4, -0.2) is 16.9 Å². The predicted octanol–water partition coefficient (Wildman–Crippen LogP) is 4.86. The fourth-order valence-corrected chi connectivity index (χ4v) is 3.11. The van der Waals surface area contributed by atoms with Crippen LogP contribution >= 0.6 is 15.9 Å². The zero-order chi connectivity index (χ0) is 16.7. The number of hydrogen-bond donors (Lipinski definition) is 1. The molecule has 3 nitrogen and oxygen atoms in total. The summed E-state index contributed by atoms with van der Waals surface area (Å²) in [5, 5.41) is 3.96. The maximum absolute atomic E-state index is 12.7. The Morgan fingerprint density at radius 1 is 1.12 bits per heavy atom. The summed E-state index contributed by atoms with van der Waals surface area (Å²) in [6.45, 7) is 2.06. The summed E-state index contributed by atoms with van der Waals surface area (Å²) in [4.78, 5) is 17.5. The molecule has 2 aromatic carbocycles. The van der Waals surface area contributed by atoms with Gasteiger partial charge in [0.25, 0.3) is 5.91 Å². The summed E-state index contributed by atoms with van der Waals surface area (Å²) in [6.07, 6.45) is 2.15. The second kappa shape index (κ2) is 6.02. The maximum Gasteiger partial charge on any atom is 0.252 e. The Bertz CT molecular complexity index is 930. The van der Waals surface area contributed by atoms with Gasteiger partial charge in [-0.25, -0.2) is 4.98 Å². The number of aromatic nitrogens is 1. The van der Waals surface area contributed by atoms with Gasteiger partial charge in [-0.2, -0.15) is 0 Å². The van der Waals surface area contributed by atoms with Gasteiger partial charge >= 0.3 is 0 Å². The van der Waals surface area contributed by atoms with Crippen molar-refractivity contribution in [2.24, 2.45) is 0 Å². The number of nitrogens with zero attached hydrogens (tertiary/aromatic N) is 1. The molecule has 0 bridgehead atoms. The van der Waals surface area contributed by atoms with E-state index in [1.165, 1.54) is 5.56 Å². The van der Waals surface area contributed by atoms with Gasteiger partial charge in [-0.1, -0.05) is 45.8 Å². The molecule has 1 heterocycles. The number of halogens is 1. The van der Waals surface area contributed by atoms with Gasteiger partial charge in [0, 0.05) is 21.5 Å². The third-order valence-electron chi connectivity index (χ3n) is 4.28. The van der Waals surface area contributed by atoms with Crippen LogP contribution in [0.2, 0.25) is 0 Å². The highest BCUT2D eigenvalue weighted by Crippen LogP contribution is 2.28. The number of fused-ring (bicyclic) bond motifs is 1. The van der Waals surface area contributed by atoms with E-state index in [-0.39, 0.29) is 5.91 Å². The van der Waals surface area contributed by atoms with Gasteiger partial charge in [-0.15, -0.1) is 0 Å². The second-order valence-electron chi connectivity index (χ2n) is 6.33. The van der Waals surface area contributed by atoms with E-state index < -0.39 is 0 Å². The van der Waals surface area contributed by atoms with Gasteiger partial charge < -0.3 is 5.32 Å². The monoisotopic (exact) mass is 380 g/mol. The molecular weight excluding hydrogens is 364 g/mol. The van der Waals surface area contributed by atoms with Crippen LogP contribution in [0.25, 0.3) is 22.2 Å². The molecule has 0 spiro atoms. The first kappa shape index (κ1) is 15.3. The third kappa shape index (κ3) is 3.06. The van der Waals surface area contributed by atoms with Crippen molar-refractivity contribution in [3.05, 3.63) is 64.1 Å². The van der Waals surface area contributed by atoms with Gasteiger partial charge in [-0.05, 0) is 44.0 Å². The lowest BCUT2D eigenvalue weighted by atomic mass is 10.0. The Hall–Kier alpha value is -2.20. The number of carbonyl (C=O) groups excluding carboxylic acids is 1. The van der Waals surface area contributed by atoms with Crippen LogP contribution in [0.4, 0.5) is 0 Å². The van der Waals surface area contributed by atoms with E-state index >= 15 is 0 Å². The highest BCUT2D eigenvalue weighted by molar-refractivity contribution is 9.10. The van der Waals surface area contributed by atoms with Gasteiger partial charge in [0.05, 0.1) is 16.8 Å². The van der Waals surface area contributed by atoms with Gasteiger partial charge in [-0.3, -0.25) is 4.79 Å². The lowest BCUT2D eigenvalue weighted by Gasteiger charge is -2.11. The predicted molar refractivity (Wildman–Crippen MR) is 100 cm³/mol. The van der Waals surface area contributed by atoms with Crippen LogP contribution in [0, 0.1) is 6.92 Å². The van der Waals surface area contributed by atoms with Gasteiger partial charge in [0.1, 0.15) is 0 Å². The van der Waals surface area contributed by atoms with Crippen molar-refractivity contribution in [2.75, 3.05) is 0 Å². The van der Waals surface area contributed by atoms with Gasteiger partial charge in [0.2, 0.25) is 0 Å². The SMILES string of the molecule is Cc1ccc(-c2cc(C(=O)NC3CC3)c3cc(Br)ccc3n2)cc1. The zero-order valence-electron chi connectivity index (χ0n) is 13.3. The molecule has 4 rings (SSSR count). The number of hydrogen-bond acceptors (Lipinski definition) is 2. The van der Waals surface area contributed by atoms with Crippen LogP contribution < -0.4 is 5.32 Å². The molecule has 0 saturated heterocycles. The molecule has 0 atom stereocenters. The van der Waals surface area contributed by atoms with Crippen LogP contribution in [0.1, 0.15) is 28.8 Å². The number of aryl methyl sites for hydroxylation is 1. The molecule has 3 aromatic rings. The third-order valence-corrected chi connectivity index (χ3v) is 4.77. The Balaban J connectivity index is 1.87. The average molecular weight is 381 g/mol. The van der Waals surface area contributed by atoms with Crippen molar-refractivity contribution in [3.63, 3.8) is 0 Å². The van der Waals surface area contributed by atoms with Crippen molar-refractivity contribution in [1.82, 2.24) is 10.3 Å². The summed E-state index contributed by atoms with van der Waals surface area (Å²) in [5.41, 5.74) is 4.56. The molecule has 120 valence electrons. The number of pyridine rings is 1. The van der Waals surface area contributed by atoms with Crippen molar-refractivity contribution in [2.45, 2.75) is 25.8 Å². The number of carbonyl (C=O) groups is 1. The summed E-state index contributed by atoms with van der Waals surface area (Å²) in [7, 11) is 0. The van der Waals surface area contributed by atoms with Crippen LogP contribution in [-0.2, 0) is 0 Å². The molecule has 1 aliphatic carbocycles. The van der Waals surface area contributed by atoms with Gasteiger partial charge in [0.15, 0.2) is 0 Å². The fourth-order valence-electron chi connectivity index (χ4n) is 2.75. The highest BCUT2D eigenvalue weighted by Gasteiger charge is 2.25. The molecule has 1 aliphatic rings. The maximum atomic E-state index is 12.7. The molecule has 24 heavy (non-hydrogen) atoms. The lowest BCUT2D eigenvalue weighted by Crippen LogP contribution is -2.25. The fraction of sp³-hybridized carbons (Fsp3) is 0.200. The van der Waals surface area contributed by atoms with Crippen molar-refractivity contribution >= 4 is 32.7 Å². The molecule has 0 radical (unpaired) electrons. The van der Waals surface area contributed by atoms with Crippen molar-refractivity contribution < 1.29 is 4.79 Å². The highest BCUT2D eigenvalue weighted by atomic mass is 79.9. The molecular formula is C20H17BrN2O. The Kier molecular flexibility index (Phi) is 3.85. The molecule has 1 amide bonds. The number of nitrogens with one attached hydrogen (secondary N) is 1. The van der Waals surface area contributed by atoms with Crippen LogP contribution in [0.15, 0.2) is 53.0 Å². The first-order valence-electron chi connectivity index (χ1n) is 8.08. The van der Waals surface area contributed by atoms with E-state index in [4.69, 9.17) is 4.98 Å². The van der Waals surface area contributed by atoms with E-state index in [1.54, 1.807) is 0 Å². The molecule has 0 unspecified atom stereocenters. The molecule has 1 fully saturated rings. The zero-order valence-corrected chi connectivity index (χ0v) is 14.9. The van der Waals surface area contributed by atoms with E-state index in [9.17, 15) is 4.79 Å².